The summed E-state index contributed by atoms with van der Waals surface area (Å²) in [4.78, 5) is 8.92. The van der Waals surface area contributed by atoms with Crippen molar-refractivity contribution in [1.29, 1.82) is 0 Å². The van der Waals surface area contributed by atoms with Crippen LogP contribution in [0.5, 0.6) is 0 Å². The fraction of sp³-hybridized carbons (Fsp3) is 0.286. The SMILES string of the molecule is Cc1csc(CC(O)Cc2nc3ccccc3s2)n1. The largest absolute Gasteiger partial charge is 0.392 e. The lowest BCUT2D eigenvalue weighted by atomic mass is 10.2. The van der Waals surface area contributed by atoms with Crippen LogP contribution in [-0.4, -0.2) is 21.2 Å². The molecule has 1 N–H and O–H groups in total. The fourth-order valence-electron chi connectivity index (χ4n) is 1.98. The molecule has 0 amide bonds. The monoisotopic (exact) mass is 290 g/mol. The van der Waals surface area contributed by atoms with Gasteiger partial charge in [-0.1, -0.05) is 12.1 Å². The number of para-hydroxylation sites is 1. The van der Waals surface area contributed by atoms with Crippen LogP contribution in [-0.2, 0) is 12.8 Å². The van der Waals surface area contributed by atoms with Crippen molar-refractivity contribution in [2.75, 3.05) is 0 Å². The second-order valence-electron chi connectivity index (χ2n) is 4.52. The van der Waals surface area contributed by atoms with Crippen molar-refractivity contribution < 1.29 is 5.11 Å². The molecule has 3 aromatic rings. The Bertz CT molecular complexity index is 656. The zero-order valence-corrected chi connectivity index (χ0v) is 12.2. The van der Waals surface area contributed by atoms with Gasteiger partial charge in [-0.15, -0.1) is 22.7 Å². The summed E-state index contributed by atoms with van der Waals surface area (Å²) in [5.74, 6) is 0. The molecular formula is C14H14N2OS2. The van der Waals surface area contributed by atoms with Crippen molar-refractivity contribution in [1.82, 2.24) is 9.97 Å². The molecular weight excluding hydrogens is 276 g/mol. The van der Waals surface area contributed by atoms with E-state index in [4.69, 9.17) is 0 Å². The molecule has 0 aliphatic carbocycles. The summed E-state index contributed by atoms with van der Waals surface area (Å²) >= 11 is 3.26. The second-order valence-corrected chi connectivity index (χ2v) is 6.58. The molecule has 0 fully saturated rings. The van der Waals surface area contributed by atoms with Gasteiger partial charge in [0.05, 0.1) is 26.3 Å². The van der Waals surface area contributed by atoms with Crippen LogP contribution in [0.2, 0.25) is 0 Å². The van der Waals surface area contributed by atoms with E-state index in [9.17, 15) is 5.11 Å². The number of rotatable bonds is 4. The Labute approximate surface area is 119 Å². The number of aliphatic hydroxyl groups excluding tert-OH is 1. The lowest BCUT2D eigenvalue weighted by molar-refractivity contribution is 0.175. The van der Waals surface area contributed by atoms with Crippen LogP contribution in [0, 0.1) is 6.92 Å². The molecule has 0 radical (unpaired) electrons. The van der Waals surface area contributed by atoms with E-state index in [1.165, 1.54) is 4.70 Å². The Kier molecular flexibility index (Phi) is 3.59. The molecule has 1 aromatic carbocycles. The summed E-state index contributed by atoms with van der Waals surface area (Å²) < 4.78 is 1.18. The van der Waals surface area contributed by atoms with Gasteiger partial charge in [-0.3, -0.25) is 0 Å². The van der Waals surface area contributed by atoms with Gasteiger partial charge in [-0.25, -0.2) is 9.97 Å². The predicted octanol–water partition coefficient (Wildman–Crippen LogP) is 3.21. The van der Waals surface area contributed by atoms with Crippen molar-refractivity contribution in [3.05, 3.63) is 45.4 Å². The summed E-state index contributed by atoms with van der Waals surface area (Å²) in [6.07, 6.45) is 0.790. The van der Waals surface area contributed by atoms with Crippen LogP contribution in [0.4, 0.5) is 0 Å². The first-order chi connectivity index (χ1) is 9.20. The van der Waals surface area contributed by atoms with Gasteiger partial charge in [0.2, 0.25) is 0 Å². The van der Waals surface area contributed by atoms with Crippen LogP contribution < -0.4 is 0 Å². The normalized spacial score (nSPS) is 12.9. The first kappa shape index (κ1) is 12.7. The average Bonchev–Trinajstić information content (AvgIpc) is 2.94. The van der Waals surface area contributed by atoms with Crippen molar-refractivity contribution in [3.63, 3.8) is 0 Å². The first-order valence-corrected chi connectivity index (χ1v) is 7.84. The lowest BCUT2D eigenvalue weighted by Crippen LogP contribution is -2.13. The number of benzene rings is 1. The van der Waals surface area contributed by atoms with Gasteiger partial charge in [0.25, 0.3) is 0 Å². The van der Waals surface area contributed by atoms with Gasteiger partial charge in [-0.2, -0.15) is 0 Å². The minimum atomic E-state index is -0.411. The zero-order valence-electron chi connectivity index (χ0n) is 10.5. The van der Waals surface area contributed by atoms with E-state index in [0.29, 0.717) is 12.8 Å². The molecule has 19 heavy (non-hydrogen) atoms. The molecule has 0 saturated carbocycles. The van der Waals surface area contributed by atoms with Gasteiger partial charge in [0.15, 0.2) is 0 Å². The van der Waals surface area contributed by atoms with Crippen molar-refractivity contribution in [2.24, 2.45) is 0 Å². The zero-order chi connectivity index (χ0) is 13.2. The van der Waals surface area contributed by atoms with Crippen LogP contribution >= 0.6 is 22.7 Å². The van der Waals surface area contributed by atoms with Crippen LogP contribution in [0.3, 0.4) is 0 Å². The molecule has 0 aliphatic heterocycles. The number of aromatic nitrogens is 2. The highest BCUT2D eigenvalue weighted by Crippen LogP contribution is 2.23. The smallest absolute Gasteiger partial charge is 0.0964 e. The van der Waals surface area contributed by atoms with E-state index >= 15 is 0 Å². The van der Waals surface area contributed by atoms with Gasteiger partial charge in [0.1, 0.15) is 0 Å². The molecule has 0 aliphatic rings. The fourth-order valence-corrected chi connectivity index (χ4v) is 3.86. The topological polar surface area (TPSA) is 46.0 Å². The molecule has 3 nitrogen and oxygen atoms in total. The summed E-state index contributed by atoms with van der Waals surface area (Å²) in [5.41, 5.74) is 2.03. The molecule has 5 heteroatoms. The van der Waals surface area contributed by atoms with E-state index in [2.05, 4.69) is 16.0 Å². The first-order valence-electron chi connectivity index (χ1n) is 6.14. The number of hydrogen-bond donors (Lipinski definition) is 1. The maximum Gasteiger partial charge on any atom is 0.0964 e. The van der Waals surface area contributed by atoms with Crippen molar-refractivity contribution >= 4 is 32.9 Å². The molecule has 1 atom stereocenters. The average molecular weight is 290 g/mol. The highest BCUT2D eigenvalue weighted by atomic mass is 32.1. The van der Waals surface area contributed by atoms with E-state index in [1.54, 1.807) is 22.7 Å². The molecule has 0 bridgehead atoms. The lowest BCUT2D eigenvalue weighted by Gasteiger charge is -2.05. The van der Waals surface area contributed by atoms with Crippen molar-refractivity contribution in [3.8, 4) is 0 Å². The van der Waals surface area contributed by atoms with E-state index < -0.39 is 6.10 Å². The Hall–Kier alpha value is -1.30. The number of nitrogens with zero attached hydrogens (tertiary/aromatic N) is 2. The van der Waals surface area contributed by atoms with E-state index in [0.717, 1.165) is 21.2 Å². The van der Waals surface area contributed by atoms with Crippen LogP contribution in [0.15, 0.2) is 29.6 Å². The predicted molar refractivity (Wildman–Crippen MR) is 79.9 cm³/mol. The Balaban J connectivity index is 1.70. The van der Waals surface area contributed by atoms with Gasteiger partial charge < -0.3 is 5.11 Å². The molecule has 2 heterocycles. The number of hydrogen-bond acceptors (Lipinski definition) is 5. The van der Waals surface area contributed by atoms with Gasteiger partial charge in [-0.05, 0) is 19.1 Å². The molecule has 0 saturated heterocycles. The van der Waals surface area contributed by atoms with Crippen LogP contribution in [0.1, 0.15) is 15.7 Å². The number of aryl methyl sites for hydroxylation is 1. The maximum atomic E-state index is 10.1. The highest BCUT2D eigenvalue weighted by Gasteiger charge is 2.12. The number of thiazole rings is 2. The Morgan fingerprint density at radius 1 is 1.16 bits per heavy atom. The Morgan fingerprint density at radius 2 is 1.95 bits per heavy atom. The third kappa shape index (κ3) is 3.00. The number of aliphatic hydroxyl groups is 1. The standard InChI is InChI=1S/C14H14N2OS2/c1-9-8-18-13(15-9)6-10(17)7-14-16-11-4-2-3-5-12(11)19-14/h2-5,8,10,17H,6-7H2,1H3. The molecule has 98 valence electrons. The van der Waals surface area contributed by atoms with E-state index in [-0.39, 0.29) is 0 Å². The van der Waals surface area contributed by atoms with E-state index in [1.807, 2.05) is 30.5 Å². The minimum absolute atomic E-state index is 0.411. The summed E-state index contributed by atoms with van der Waals surface area (Å²) in [5, 5.41) is 14.1. The molecule has 2 aromatic heterocycles. The molecule has 1 unspecified atom stereocenters. The highest BCUT2D eigenvalue weighted by molar-refractivity contribution is 7.18. The quantitative estimate of drug-likeness (QED) is 0.802. The van der Waals surface area contributed by atoms with Crippen LogP contribution in [0.25, 0.3) is 10.2 Å². The third-order valence-corrected chi connectivity index (χ3v) is 4.87. The van der Waals surface area contributed by atoms with Gasteiger partial charge in [0, 0.05) is 23.9 Å². The summed E-state index contributed by atoms with van der Waals surface area (Å²) in [6, 6.07) is 8.07. The Morgan fingerprint density at radius 3 is 2.68 bits per heavy atom. The van der Waals surface area contributed by atoms with Gasteiger partial charge >= 0.3 is 0 Å². The second kappa shape index (κ2) is 5.36. The third-order valence-electron chi connectivity index (χ3n) is 2.83. The molecule has 3 rings (SSSR count). The molecule has 0 spiro atoms. The number of fused-ring (bicyclic) bond motifs is 1. The summed E-state index contributed by atoms with van der Waals surface area (Å²) in [7, 11) is 0. The van der Waals surface area contributed by atoms with Crippen molar-refractivity contribution in [2.45, 2.75) is 25.9 Å². The maximum absolute atomic E-state index is 10.1. The minimum Gasteiger partial charge on any atom is -0.392 e. The summed E-state index contributed by atoms with van der Waals surface area (Å²) in [6.45, 7) is 1.97.